The summed E-state index contributed by atoms with van der Waals surface area (Å²) in [7, 11) is 0. The predicted molar refractivity (Wildman–Crippen MR) is 97.3 cm³/mol. The van der Waals surface area contributed by atoms with Crippen LogP contribution in [0.25, 0.3) is 0 Å². The fourth-order valence-corrected chi connectivity index (χ4v) is 3.22. The Bertz CT molecular complexity index is 960. The van der Waals surface area contributed by atoms with Crippen molar-refractivity contribution in [3.63, 3.8) is 0 Å². The second kappa shape index (κ2) is 7.04. The average molecular weight is 372 g/mol. The zero-order valence-corrected chi connectivity index (χ0v) is 14.7. The van der Waals surface area contributed by atoms with Crippen LogP contribution in [0.4, 0.5) is 10.9 Å². The van der Waals surface area contributed by atoms with Crippen molar-refractivity contribution in [2.24, 2.45) is 0 Å². The number of nitrogens with one attached hydrogen (secondary N) is 1. The van der Waals surface area contributed by atoms with Gasteiger partial charge in [-0.15, -0.1) is 10.2 Å². The van der Waals surface area contributed by atoms with E-state index in [1.807, 2.05) is 35.1 Å². The molecule has 0 unspecified atom stereocenters. The number of rotatable bonds is 6. The first-order chi connectivity index (χ1) is 12.2. The molecule has 0 spiro atoms. The van der Waals surface area contributed by atoms with Crippen LogP contribution in [0.2, 0.25) is 5.02 Å². The van der Waals surface area contributed by atoms with E-state index in [0.717, 1.165) is 17.4 Å². The standard InChI is InChI=1S/C16H14ClN7S/c17-13-8-18-24(10-13)11-15-20-21-16(25-15)19-14-6-7-23(22-14)9-12-4-2-1-3-5-12/h1-8,10H,9,11H2,(H,19,21,22). The smallest absolute Gasteiger partial charge is 0.211 e. The number of anilines is 2. The second-order valence-corrected chi connectivity index (χ2v) is 6.86. The first-order valence-electron chi connectivity index (χ1n) is 7.59. The zero-order chi connectivity index (χ0) is 17.1. The quantitative estimate of drug-likeness (QED) is 0.562. The Kier molecular flexibility index (Phi) is 4.45. The number of halogens is 1. The monoisotopic (exact) mass is 371 g/mol. The van der Waals surface area contributed by atoms with Gasteiger partial charge in [-0.2, -0.15) is 10.2 Å². The maximum absolute atomic E-state index is 5.86. The van der Waals surface area contributed by atoms with Crippen LogP contribution in [0.1, 0.15) is 10.6 Å². The van der Waals surface area contributed by atoms with Gasteiger partial charge in [-0.05, 0) is 5.56 Å². The summed E-state index contributed by atoms with van der Waals surface area (Å²) in [6.07, 6.45) is 5.28. The number of hydrogen-bond acceptors (Lipinski definition) is 6. The van der Waals surface area contributed by atoms with Crippen molar-refractivity contribution in [3.05, 3.63) is 70.6 Å². The summed E-state index contributed by atoms with van der Waals surface area (Å²) in [5.41, 5.74) is 1.20. The van der Waals surface area contributed by atoms with Crippen LogP contribution in [-0.4, -0.2) is 29.8 Å². The van der Waals surface area contributed by atoms with Crippen LogP contribution in [0.3, 0.4) is 0 Å². The van der Waals surface area contributed by atoms with E-state index >= 15 is 0 Å². The van der Waals surface area contributed by atoms with Crippen molar-refractivity contribution < 1.29 is 0 Å². The lowest BCUT2D eigenvalue weighted by atomic mass is 10.2. The third-order valence-corrected chi connectivity index (χ3v) is 4.45. The SMILES string of the molecule is Clc1cnn(Cc2nnc(Nc3ccn(Cc4ccccc4)n3)s2)c1. The highest BCUT2D eigenvalue weighted by atomic mass is 35.5. The molecule has 0 saturated heterocycles. The van der Waals surface area contributed by atoms with Crippen LogP contribution in [0.15, 0.2) is 55.0 Å². The summed E-state index contributed by atoms with van der Waals surface area (Å²) in [5.74, 6) is 0.737. The number of nitrogens with zero attached hydrogens (tertiary/aromatic N) is 6. The van der Waals surface area contributed by atoms with E-state index in [0.29, 0.717) is 16.7 Å². The van der Waals surface area contributed by atoms with Crippen molar-refractivity contribution in [1.82, 2.24) is 29.8 Å². The van der Waals surface area contributed by atoms with Gasteiger partial charge in [0.05, 0.1) is 24.3 Å². The molecule has 0 radical (unpaired) electrons. The molecule has 1 N–H and O–H groups in total. The topological polar surface area (TPSA) is 73.5 Å². The first-order valence-corrected chi connectivity index (χ1v) is 8.79. The Morgan fingerprint density at radius 2 is 1.92 bits per heavy atom. The third-order valence-electron chi connectivity index (χ3n) is 3.43. The molecule has 0 amide bonds. The maximum atomic E-state index is 5.86. The van der Waals surface area contributed by atoms with Crippen LogP contribution >= 0.6 is 22.9 Å². The predicted octanol–water partition coefficient (Wildman–Crippen LogP) is 3.42. The number of aromatic nitrogens is 6. The number of hydrogen-bond donors (Lipinski definition) is 1. The van der Waals surface area contributed by atoms with E-state index in [-0.39, 0.29) is 0 Å². The molecule has 7 nitrogen and oxygen atoms in total. The van der Waals surface area contributed by atoms with Crippen molar-refractivity contribution in [2.75, 3.05) is 5.32 Å². The molecule has 25 heavy (non-hydrogen) atoms. The van der Waals surface area contributed by atoms with Gasteiger partial charge in [0.1, 0.15) is 5.01 Å². The first kappa shape index (κ1) is 15.8. The molecule has 9 heteroatoms. The minimum Gasteiger partial charge on any atom is -0.313 e. The molecule has 126 valence electrons. The van der Waals surface area contributed by atoms with Gasteiger partial charge in [0.25, 0.3) is 0 Å². The largest absolute Gasteiger partial charge is 0.313 e. The van der Waals surface area contributed by atoms with Gasteiger partial charge in [-0.3, -0.25) is 9.36 Å². The Labute approximate surface area is 152 Å². The van der Waals surface area contributed by atoms with Crippen molar-refractivity contribution >= 4 is 33.9 Å². The highest BCUT2D eigenvalue weighted by molar-refractivity contribution is 7.15. The van der Waals surface area contributed by atoms with Crippen LogP contribution in [-0.2, 0) is 13.1 Å². The van der Waals surface area contributed by atoms with E-state index < -0.39 is 0 Å². The van der Waals surface area contributed by atoms with E-state index in [1.165, 1.54) is 16.9 Å². The molecule has 3 aromatic heterocycles. The fraction of sp³-hybridized carbons (Fsp3) is 0.125. The van der Waals surface area contributed by atoms with Crippen LogP contribution < -0.4 is 5.32 Å². The van der Waals surface area contributed by atoms with E-state index in [4.69, 9.17) is 11.6 Å². The van der Waals surface area contributed by atoms with E-state index in [1.54, 1.807) is 17.1 Å². The van der Waals surface area contributed by atoms with Gasteiger partial charge in [-0.25, -0.2) is 0 Å². The minimum absolute atomic E-state index is 0.536. The minimum atomic E-state index is 0.536. The molecule has 0 fully saturated rings. The van der Waals surface area contributed by atoms with Crippen LogP contribution in [0.5, 0.6) is 0 Å². The van der Waals surface area contributed by atoms with E-state index in [2.05, 4.69) is 37.8 Å². The molecule has 0 aliphatic carbocycles. The molecule has 0 atom stereocenters. The lowest BCUT2D eigenvalue weighted by Crippen LogP contribution is -2.01. The number of benzene rings is 1. The second-order valence-electron chi connectivity index (χ2n) is 5.37. The van der Waals surface area contributed by atoms with Crippen molar-refractivity contribution in [2.45, 2.75) is 13.1 Å². The Morgan fingerprint density at radius 1 is 1.04 bits per heavy atom. The molecule has 4 aromatic rings. The van der Waals surface area contributed by atoms with Crippen molar-refractivity contribution in [3.8, 4) is 0 Å². The molecular weight excluding hydrogens is 358 g/mol. The molecule has 3 heterocycles. The van der Waals surface area contributed by atoms with Gasteiger partial charge in [-0.1, -0.05) is 53.3 Å². The Hall–Kier alpha value is -2.71. The van der Waals surface area contributed by atoms with Gasteiger partial charge >= 0.3 is 0 Å². The van der Waals surface area contributed by atoms with E-state index in [9.17, 15) is 0 Å². The zero-order valence-electron chi connectivity index (χ0n) is 13.1. The third kappa shape index (κ3) is 4.04. The lowest BCUT2D eigenvalue weighted by Gasteiger charge is -2.01. The van der Waals surface area contributed by atoms with Crippen LogP contribution in [0, 0.1) is 0 Å². The molecule has 0 aliphatic heterocycles. The molecular formula is C16H14ClN7S. The molecule has 0 saturated carbocycles. The van der Waals surface area contributed by atoms with Gasteiger partial charge in [0.15, 0.2) is 5.82 Å². The molecule has 0 bridgehead atoms. The Morgan fingerprint density at radius 3 is 2.72 bits per heavy atom. The normalized spacial score (nSPS) is 10.9. The summed E-state index contributed by atoms with van der Waals surface area (Å²) in [6.45, 7) is 1.26. The summed E-state index contributed by atoms with van der Waals surface area (Å²) >= 11 is 7.32. The van der Waals surface area contributed by atoms with Gasteiger partial charge in [0, 0.05) is 18.5 Å². The highest BCUT2D eigenvalue weighted by Gasteiger charge is 2.08. The summed E-state index contributed by atoms with van der Waals surface area (Å²) in [6, 6.07) is 12.1. The maximum Gasteiger partial charge on any atom is 0.211 e. The average Bonchev–Trinajstić information content (AvgIpc) is 3.33. The molecule has 1 aromatic carbocycles. The molecule has 4 rings (SSSR count). The lowest BCUT2D eigenvalue weighted by molar-refractivity contribution is 0.677. The summed E-state index contributed by atoms with van der Waals surface area (Å²) < 4.78 is 3.60. The van der Waals surface area contributed by atoms with Gasteiger partial charge < -0.3 is 5.32 Å². The fourth-order valence-electron chi connectivity index (χ4n) is 2.33. The van der Waals surface area contributed by atoms with Crippen molar-refractivity contribution in [1.29, 1.82) is 0 Å². The highest BCUT2D eigenvalue weighted by Crippen LogP contribution is 2.20. The summed E-state index contributed by atoms with van der Waals surface area (Å²) in [4.78, 5) is 0. The Balaban J connectivity index is 1.39. The molecule has 0 aliphatic rings. The summed E-state index contributed by atoms with van der Waals surface area (Å²) in [5, 5.41) is 22.3. The van der Waals surface area contributed by atoms with Gasteiger partial charge in [0.2, 0.25) is 5.13 Å².